The lowest BCUT2D eigenvalue weighted by Gasteiger charge is -2.23. The van der Waals surface area contributed by atoms with Crippen molar-refractivity contribution < 1.29 is 15.0 Å². The maximum Gasteiger partial charge on any atom is 0.314 e. The molecule has 1 aliphatic rings. The molecular weight excluding hydrogens is 410 g/mol. The van der Waals surface area contributed by atoms with Gasteiger partial charge in [0.15, 0.2) is 0 Å². The zero-order valence-corrected chi connectivity index (χ0v) is 18.3. The highest BCUT2D eigenvalue weighted by Crippen LogP contribution is 2.48. The second-order valence-corrected chi connectivity index (χ2v) is 9.18. The largest absolute Gasteiger partial charge is 0.481 e. The number of anilines is 3. The van der Waals surface area contributed by atoms with Gasteiger partial charge in [-0.15, -0.1) is 0 Å². The van der Waals surface area contributed by atoms with Gasteiger partial charge in [0.05, 0.1) is 17.4 Å². The molecule has 0 atom stereocenters. The maximum atomic E-state index is 13.0. The van der Waals surface area contributed by atoms with Gasteiger partial charge in [-0.2, -0.15) is 0 Å². The summed E-state index contributed by atoms with van der Waals surface area (Å²) in [7, 11) is 0. The Morgan fingerprint density at radius 1 is 1.22 bits per heavy atom. The number of aliphatic hydroxyl groups is 1. The first-order valence-electron chi connectivity index (χ1n) is 10.5. The molecule has 0 bridgehead atoms. The number of carbonyl (C=O) groups is 1. The van der Waals surface area contributed by atoms with Gasteiger partial charge in [-0.05, 0) is 68.8 Å². The topological polar surface area (TPSA) is 129 Å². The zero-order chi connectivity index (χ0) is 23.1. The van der Waals surface area contributed by atoms with Crippen molar-refractivity contribution in [3.63, 3.8) is 0 Å². The Bertz CT molecular complexity index is 1240. The van der Waals surface area contributed by atoms with Crippen molar-refractivity contribution in [2.24, 2.45) is 0 Å². The molecule has 32 heavy (non-hydrogen) atoms. The first kappa shape index (κ1) is 21.8. The number of carboxylic acid groups (broad SMARTS) is 1. The Morgan fingerprint density at radius 3 is 2.59 bits per heavy atom. The summed E-state index contributed by atoms with van der Waals surface area (Å²) in [5, 5.41) is 26.4. The van der Waals surface area contributed by atoms with E-state index < -0.39 is 11.4 Å². The molecule has 1 fully saturated rings. The highest BCUT2D eigenvalue weighted by molar-refractivity contribution is 5.93. The van der Waals surface area contributed by atoms with Crippen LogP contribution >= 0.6 is 0 Å². The van der Waals surface area contributed by atoms with Crippen molar-refractivity contribution in [2.45, 2.75) is 51.1 Å². The summed E-state index contributed by atoms with van der Waals surface area (Å²) >= 11 is 0. The van der Waals surface area contributed by atoms with Crippen molar-refractivity contribution in [3.8, 4) is 0 Å². The molecule has 4 rings (SSSR count). The number of aromatic nitrogens is 3. The van der Waals surface area contributed by atoms with Gasteiger partial charge in [-0.25, -0.2) is 9.97 Å². The third-order valence-corrected chi connectivity index (χ3v) is 5.52. The molecule has 0 unspecified atom stereocenters. The maximum absolute atomic E-state index is 13.0. The highest BCUT2D eigenvalue weighted by atomic mass is 16.4. The molecule has 4 N–H and O–H groups in total. The second kappa shape index (κ2) is 7.90. The first-order chi connectivity index (χ1) is 15.1. The van der Waals surface area contributed by atoms with Gasteiger partial charge in [0.2, 0.25) is 0 Å². The Labute approximate surface area is 185 Å². The van der Waals surface area contributed by atoms with Crippen LogP contribution in [0.3, 0.4) is 0 Å². The molecule has 3 aromatic rings. The summed E-state index contributed by atoms with van der Waals surface area (Å²) < 4.78 is 1.46. The second-order valence-electron chi connectivity index (χ2n) is 9.18. The lowest BCUT2D eigenvalue weighted by Crippen LogP contribution is -2.29. The molecule has 9 heteroatoms. The Hall–Kier alpha value is -3.46. The molecule has 0 spiro atoms. The molecule has 0 aliphatic heterocycles. The fourth-order valence-electron chi connectivity index (χ4n) is 3.77. The summed E-state index contributed by atoms with van der Waals surface area (Å²) in [5.74, 6) is 0.565. The molecular formula is C23H27N5O4. The van der Waals surface area contributed by atoms with Crippen LogP contribution in [0.5, 0.6) is 0 Å². The van der Waals surface area contributed by atoms with Crippen molar-refractivity contribution in [1.29, 1.82) is 0 Å². The van der Waals surface area contributed by atoms with Crippen LogP contribution in [0.25, 0.3) is 10.8 Å². The van der Waals surface area contributed by atoms with Crippen LogP contribution in [-0.2, 0) is 16.8 Å². The van der Waals surface area contributed by atoms with E-state index in [0.29, 0.717) is 46.6 Å². The van der Waals surface area contributed by atoms with E-state index in [1.54, 1.807) is 36.7 Å². The van der Waals surface area contributed by atoms with Crippen LogP contribution in [0.1, 0.15) is 39.2 Å². The molecule has 3 heterocycles. The Balaban J connectivity index is 1.76. The van der Waals surface area contributed by atoms with E-state index in [-0.39, 0.29) is 24.2 Å². The number of hydrogen-bond donors (Lipinski definition) is 4. The Kier molecular flexibility index (Phi) is 5.37. The van der Waals surface area contributed by atoms with Gasteiger partial charge in [-0.3, -0.25) is 9.59 Å². The number of rotatable bonds is 7. The predicted octanol–water partition coefficient (Wildman–Crippen LogP) is 2.85. The molecule has 0 radical (unpaired) electrons. The van der Waals surface area contributed by atoms with Gasteiger partial charge in [0.1, 0.15) is 17.5 Å². The summed E-state index contributed by atoms with van der Waals surface area (Å²) in [6, 6.07) is 7.03. The fourth-order valence-corrected chi connectivity index (χ4v) is 3.77. The van der Waals surface area contributed by atoms with Crippen molar-refractivity contribution in [3.05, 3.63) is 52.6 Å². The highest BCUT2D eigenvalue weighted by Gasteiger charge is 2.51. The molecule has 1 saturated carbocycles. The molecule has 1 aliphatic carbocycles. The van der Waals surface area contributed by atoms with Crippen molar-refractivity contribution in [2.75, 3.05) is 17.2 Å². The number of hydrogen-bond acceptors (Lipinski definition) is 7. The van der Waals surface area contributed by atoms with E-state index in [4.69, 9.17) is 0 Å². The zero-order valence-electron chi connectivity index (χ0n) is 18.3. The van der Waals surface area contributed by atoms with Gasteiger partial charge < -0.3 is 25.4 Å². The molecule has 168 valence electrons. The summed E-state index contributed by atoms with van der Waals surface area (Å²) in [5.41, 5.74) is -0.698. The smallest absolute Gasteiger partial charge is 0.314 e. The number of fused-ring (bicyclic) bond motifs is 1. The Morgan fingerprint density at radius 2 is 1.97 bits per heavy atom. The third kappa shape index (κ3) is 4.16. The van der Waals surface area contributed by atoms with Crippen LogP contribution in [0.4, 0.5) is 17.5 Å². The average Bonchev–Trinajstić information content (AvgIpc) is 3.51. The van der Waals surface area contributed by atoms with Crippen LogP contribution < -0.4 is 16.2 Å². The first-order valence-corrected chi connectivity index (χ1v) is 10.5. The van der Waals surface area contributed by atoms with Gasteiger partial charge >= 0.3 is 5.97 Å². The molecule has 9 nitrogen and oxygen atoms in total. The summed E-state index contributed by atoms with van der Waals surface area (Å²) in [6.07, 6.45) is 4.46. The standard InChI is InChI=1S/C23H27N5O4/c1-22(2,3)27-19-18-14(5-9-28(10-11-29)20(18)30)12-17(26-19)25-16-13-15(4-8-24-16)23(6-7-23)21(31)32/h4-5,8-9,12-13,29H,6-7,10-11H2,1-3H3,(H,31,32)(H2,24,25,26,27). The number of carboxylic acids is 1. The van der Waals surface area contributed by atoms with Crippen molar-refractivity contribution in [1.82, 2.24) is 14.5 Å². The number of aliphatic hydroxyl groups excluding tert-OH is 1. The number of nitrogens with one attached hydrogen (secondary N) is 2. The molecule has 0 saturated heterocycles. The minimum Gasteiger partial charge on any atom is -0.481 e. The van der Waals surface area contributed by atoms with E-state index in [1.165, 1.54) is 4.57 Å². The summed E-state index contributed by atoms with van der Waals surface area (Å²) in [4.78, 5) is 33.6. The van der Waals surface area contributed by atoms with Gasteiger partial charge in [0.25, 0.3) is 5.56 Å². The van der Waals surface area contributed by atoms with Crippen molar-refractivity contribution >= 4 is 34.2 Å². The fraction of sp³-hybridized carbons (Fsp3) is 0.391. The predicted molar refractivity (Wildman–Crippen MR) is 123 cm³/mol. The molecule has 0 amide bonds. The van der Waals surface area contributed by atoms with Crippen LogP contribution in [0, 0.1) is 0 Å². The lowest BCUT2D eigenvalue weighted by molar-refractivity contribution is -0.140. The number of nitrogens with zero attached hydrogens (tertiary/aromatic N) is 3. The van der Waals surface area contributed by atoms with Gasteiger partial charge in [0, 0.05) is 24.5 Å². The number of aliphatic carboxylic acids is 1. The SMILES string of the molecule is CC(C)(C)Nc1nc(Nc2cc(C3(C(=O)O)CC3)ccn2)cc2ccn(CCO)c(=O)c12. The molecule has 3 aromatic heterocycles. The van der Waals surface area contributed by atoms with Crippen LogP contribution in [0.2, 0.25) is 0 Å². The lowest BCUT2D eigenvalue weighted by atomic mass is 9.97. The quantitative estimate of drug-likeness (QED) is 0.444. The van der Waals surface area contributed by atoms with E-state index in [9.17, 15) is 19.8 Å². The monoisotopic (exact) mass is 437 g/mol. The van der Waals surface area contributed by atoms with E-state index >= 15 is 0 Å². The van der Waals surface area contributed by atoms with Gasteiger partial charge in [-0.1, -0.05) is 0 Å². The normalized spacial score (nSPS) is 14.9. The minimum atomic E-state index is -0.826. The van der Waals surface area contributed by atoms with Crippen LogP contribution in [-0.4, -0.2) is 42.9 Å². The summed E-state index contributed by atoms with van der Waals surface area (Å²) in [6.45, 7) is 5.98. The molecule has 0 aromatic carbocycles. The third-order valence-electron chi connectivity index (χ3n) is 5.52. The van der Waals surface area contributed by atoms with Crippen LogP contribution in [0.15, 0.2) is 41.5 Å². The van der Waals surface area contributed by atoms with E-state index in [2.05, 4.69) is 20.6 Å². The minimum absolute atomic E-state index is 0.139. The van der Waals surface area contributed by atoms with E-state index in [0.717, 1.165) is 0 Å². The number of pyridine rings is 3. The van der Waals surface area contributed by atoms with E-state index in [1.807, 2.05) is 20.8 Å². The average molecular weight is 438 g/mol.